The fraction of sp³-hybridized carbons (Fsp3) is 0.571. The van der Waals surface area contributed by atoms with Crippen molar-refractivity contribution < 1.29 is 119 Å². The van der Waals surface area contributed by atoms with Crippen molar-refractivity contribution in [2.24, 2.45) is 0 Å². The predicted molar refractivity (Wildman–Crippen MR) is 187 cm³/mol. The van der Waals surface area contributed by atoms with Gasteiger partial charge in [-0.25, -0.2) is 9.59 Å². The molecule has 0 saturated heterocycles. The molecular formula is C21H19ClF16I5O7V2. The van der Waals surface area contributed by atoms with Gasteiger partial charge in [0.2, 0.25) is 5.24 Å². The van der Waals surface area contributed by atoms with Crippen LogP contribution in [0.15, 0.2) is 38.0 Å². The van der Waals surface area contributed by atoms with E-state index in [1.165, 1.54) is 0 Å². The third kappa shape index (κ3) is 20.9. The van der Waals surface area contributed by atoms with E-state index in [-0.39, 0.29) is 17.1 Å². The van der Waals surface area contributed by atoms with Gasteiger partial charge < -0.3 is 19.7 Å². The molecule has 7 nitrogen and oxygen atoms in total. The number of aliphatic hydroxyl groups excluding tert-OH is 2. The normalized spacial score (nSPS) is 12.4. The molecule has 0 aromatic heterocycles. The summed E-state index contributed by atoms with van der Waals surface area (Å²) in [6.07, 6.45) is 1.56. The molecule has 0 heterocycles. The van der Waals surface area contributed by atoms with Crippen molar-refractivity contribution in [3.05, 3.63) is 38.0 Å². The Morgan fingerprint density at radius 3 is 0.885 bits per heavy atom. The van der Waals surface area contributed by atoms with Gasteiger partial charge in [-0.05, 0) is 17.7 Å². The van der Waals surface area contributed by atoms with E-state index in [9.17, 15) is 84.6 Å². The first-order chi connectivity index (χ1) is 22.9. The van der Waals surface area contributed by atoms with E-state index in [0.29, 0.717) is 9.47 Å². The second kappa shape index (κ2) is 27.4. The van der Waals surface area contributed by atoms with Crippen LogP contribution in [0.2, 0.25) is 0 Å². The molecule has 0 radical (unpaired) electrons. The van der Waals surface area contributed by atoms with E-state index in [2.05, 4.69) is 129 Å². The molecule has 0 aliphatic rings. The predicted octanol–water partition coefficient (Wildman–Crippen LogP) is 9.86. The van der Waals surface area contributed by atoms with Crippen LogP contribution in [0.4, 0.5) is 70.2 Å². The zero-order valence-corrected chi connectivity index (χ0v) is 38.7. The molecule has 0 aliphatic carbocycles. The molecule has 0 aliphatic heterocycles. The molecule has 0 amide bonds. The number of allylic oxidation sites excluding steroid dienone is 1. The van der Waals surface area contributed by atoms with E-state index < -0.39 is 91.0 Å². The van der Waals surface area contributed by atoms with Crippen LogP contribution >= 0.6 is 111 Å². The molecule has 52 heavy (non-hydrogen) atoms. The summed E-state index contributed by atoms with van der Waals surface area (Å²) in [5, 5.41) is 15.0. The molecule has 0 saturated carbocycles. The number of alkyl halides is 16. The first kappa shape index (κ1) is 62.9. The van der Waals surface area contributed by atoms with Crippen molar-refractivity contribution in [2.45, 2.75) is 47.4 Å². The monoisotopic (exact) mass is 1460 g/mol. The SMILES string of the molecule is C=CC(=O)Cl.C=CC(=O)OCC(F)(F)C(F)(F)C(F)(F)C(F)(F)COC(=O)C=C.OCC(F)(F)C(F)(F)C(F)(F)C(F)(F)CO.[I][V]([I])[I].[I][V][I]. The summed E-state index contributed by atoms with van der Waals surface area (Å²) in [7, 11) is 0.628. The molecule has 0 bridgehead atoms. The van der Waals surface area contributed by atoms with Gasteiger partial charge in [0, 0.05) is 12.2 Å². The zero-order chi connectivity index (χ0) is 43.4. The van der Waals surface area contributed by atoms with Crippen molar-refractivity contribution in [1.29, 1.82) is 0 Å². The van der Waals surface area contributed by atoms with Crippen LogP contribution in [0.1, 0.15) is 0 Å². The average Bonchev–Trinajstić information content (AvgIpc) is 3.02. The Morgan fingerprint density at radius 1 is 0.577 bits per heavy atom. The zero-order valence-electron chi connectivity index (χ0n) is 24.3. The number of carbonyl (C=O) groups is 3. The number of hydrogen-bond donors (Lipinski definition) is 2. The quantitative estimate of drug-likeness (QED) is 0.0553. The van der Waals surface area contributed by atoms with Crippen LogP contribution in [-0.2, 0) is 38.2 Å². The molecule has 0 fully saturated rings. The molecule has 2 N–H and O–H groups in total. The van der Waals surface area contributed by atoms with Crippen LogP contribution in [-0.4, -0.2) is 101 Å². The summed E-state index contributed by atoms with van der Waals surface area (Å²) >= 11 is 16.8. The number of ether oxygens (including phenoxy) is 2. The van der Waals surface area contributed by atoms with E-state index in [4.69, 9.17) is 21.8 Å². The number of carbonyl (C=O) groups excluding carboxylic acids is 3. The van der Waals surface area contributed by atoms with Crippen LogP contribution in [0, 0.1) is 0 Å². The molecule has 0 spiro atoms. The number of hydrogen-bond acceptors (Lipinski definition) is 7. The molecule has 0 rings (SSSR count). The fourth-order valence-electron chi connectivity index (χ4n) is 1.74. The molecule has 31 heteroatoms. The van der Waals surface area contributed by atoms with Gasteiger partial charge in [-0.3, -0.25) is 4.79 Å². The average molecular weight is 1460 g/mol. The summed E-state index contributed by atoms with van der Waals surface area (Å²) in [6.45, 7) is -2.16. The van der Waals surface area contributed by atoms with Crippen LogP contribution in [0.25, 0.3) is 0 Å². The molecule has 0 aromatic carbocycles. The first-order valence-electron chi connectivity index (χ1n) is 11.3. The van der Waals surface area contributed by atoms with Gasteiger partial charge in [-0.2, -0.15) is 70.2 Å². The van der Waals surface area contributed by atoms with Crippen molar-refractivity contribution in [3.8, 4) is 0 Å². The van der Waals surface area contributed by atoms with Gasteiger partial charge in [0.25, 0.3) is 0 Å². The van der Waals surface area contributed by atoms with E-state index in [0.717, 1.165) is 6.08 Å². The number of aliphatic hydroxyl groups is 2. The molecule has 0 unspecified atom stereocenters. The van der Waals surface area contributed by atoms with E-state index >= 15 is 0 Å². The second-order valence-corrected chi connectivity index (χ2v) is 55.4. The third-order valence-electron chi connectivity index (χ3n) is 4.31. The summed E-state index contributed by atoms with van der Waals surface area (Å²) < 4.78 is 211. The first-order valence-corrected chi connectivity index (χ1v) is 34.2. The van der Waals surface area contributed by atoms with Crippen molar-refractivity contribution in [2.75, 3.05) is 26.4 Å². The maximum atomic E-state index is 13.3. The van der Waals surface area contributed by atoms with Gasteiger partial charge in [0.1, 0.15) is 13.2 Å². The molecule has 309 valence electrons. The van der Waals surface area contributed by atoms with Crippen molar-refractivity contribution in [3.63, 3.8) is 0 Å². The number of esters is 2. The van der Waals surface area contributed by atoms with Gasteiger partial charge in [-0.15, -0.1) is 0 Å². The Balaban J connectivity index is -0.000000223. The number of rotatable bonds is 15. The van der Waals surface area contributed by atoms with E-state index in [1.54, 1.807) is 0 Å². The van der Waals surface area contributed by atoms with Crippen molar-refractivity contribution >= 4 is 129 Å². The second-order valence-electron chi connectivity index (χ2n) is 7.82. The fourth-order valence-corrected chi connectivity index (χ4v) is 1.74. The minimum absolute atomic E-state index is 0.260. The Labute approximate surface area is 354 Å². The van der Waals surface area contributed by atoms with Crippen molar-refractivity contribution in [1.82, 2.24) is 0 Å². The summed E-state index contributed by atoms with van der Waals surface area (Å²) in [6, 6.07) is 0. The summed E-state index contributed by atoms with van der Waals surface area (Å²) in [5.74, 6) is -52.8. The molecule has 0 atom stereocenters. The topological polar surface area (TPSA) is 110 Å². The van der Waals surface area contributed by atoms with Crippen LogP contribution in [0.3, 0.4) is 0 Å². The van der Waals surface area contributed by atoms with Gasteiger partial charge in [0.15, 0.2) is 13.2 Å². The summed E-state index contributed by atoms with van der Waals surface area (Å²) in [5.41, 5.74) is 0. The minimum atomic E-state index is -6.65. The Morgan fingerprint density at radius 2 is 0.750 bits per heavy atom. The Kier molecular flexibility index (Phi) is 33.2. The summed E-state index contributed by atoms with van der Waals surface area (Å²) in [4.78, 5) is 30.2. The Hall–Kier alpha value is 1.74. The third-order valence-corrected chi connectivity index (χ3v) is 4.46. The maximum absolute atomic E-state index is 13.3. The van der Waals surface area contributed by atoms with Gasteiger partial charge >= 0.3 is 174 Å². The van der Waals surface area contributed by atoms with Gasteiger partial charge in [-0.1, -0.05) is 19.7 Å². The Bertz CT molecular complexity index is 1070. The molecular weight excluding hydrogens is 1440 g/mol. The van der Waals surface area contributed by atoms with Gasteiger partial charge in [0.05, 0.1) is 0 Å². The standard InChI is InChI=1S/C12H10F8O4.C6H6F8O2.C3H3ClO.5HI.2V/c1-3-7(21)23-5-9(13,14)11(17,18)12(19,20)10(15,16)6-24-8(22)4-2;7-3(8,1-15)5(11,12)6(13,14)4(9,10)2-16;1-2-3(4)5;;;;;;;/h3-4H,1-2,5-6H2;15-16H,1-2H2;2H,1H2;5*1H;;/q;;;;;;;;+2;+3/p-5. The number of halogens is 22. The van der Waals surface area contributed by atoms with E-state index in [1.807, 2.05) is 0 Å². The van der Waals surface area contributed by atoms with Crippen LogP contribution in [0.5, 0.6) is 0 Å². The van der Waals surface area contributed by atoms with Crippen LogP contribution < -0.4 is 0 Å². The molecule has 0 aromatic rings.